The molecule has 0 saturated heterocycles. The monoisotopic (exact) mass is 435 g/mol. The molecule has 0 spiro atoms. The second kappa shape index (κ2) is 7.46. The summed E-state index contributed by atoms with van der Waals surface area (Å²) in [6, 6.07) is 16.0. The zero-order chi connectivity index (χ0) is 18.0. The summed E-state index contributed by atoms with van der Waals surface area (Å²) in [4.78, 5) is 1.11. The molecule has 3 nitrogen and oxygen atoms in total. The first-order valence-electron chi connectivity index (χ1n) is 7.77. The van der Waals surface area contributed by atoms with Crippen LogP contribution < -0.4 is 10.4 Å². The van der Waals surface area contributed by atoms with E-state index < -0.39 is 7.52 Å². The standard InChI is InChI=1S/C19H19BrNO2PS/c1-13-4-9-18(14(2)10-13)24(22,23-3)21-17-11-19(25-12-17)15-5-7-16(20)8-6-15/h4-12H,1-3H3,(H,21,22). The van der Waals surface area contributed by atoms with Gasteiger partial charge in [0.15, 0.2) is 0 Å². The Hall–Kier alpha value is -1.39. The molecule has 0 aliphatic heterocycles. The van der Waals surface area contributed by atoms with Gasteiger partial charge in [-0.15, -0.1) is 11.3 Å². The van der Waals surface area contributed by atoms with Crippen molar-refractivity contribution in [2.45, 2.75) is 13.8 Å². The minimum atomic E-state index is -3.17. The van der Waals surface area contributed by atoms with Crippen LogP contribution in [0.2, 0.25) is 0 Å². The lowest BCUT2D eigenvalue weighted by molar-refractivity contribution is 0.407. The van der Waals surface area contributed by atoms with Crippen LogP contribution in [0.3, 0.4) is 0 Å². The van der Waals surface area contributed by atoms with Crippen LogP contribution >= 0.6 is 34.8 Å². The highest BCUT2D eigenvalue weighted by molar-refractivity contribution is 9.10. The summed E-state index contributed by atoms with van der Waals surface area (Å²) < 4.78 is 19.8. The predicted molar refractivity (Wildman–Crippen MR) is 111 cm³/mol. The topological polar surface area (TPSA) is 38.3 Å². The molecular formula is C19H19BrNO2PS. The maximum Gasteiger partial charge on any atom is 0.323 e. The second-order valence-corrected chi connectivity index (χ2v) is 9.84. The van der Waals surface area contributed by atoms with E-state index in [1.54, 1.807) is 11.3 Å². The van der Waals surface area contributed by atoms with Gasteiger partial charge in [0.05, 0.1) is 11.0 Å². The SMILES string of the molecule is COP(=O)(Nc1csc(-c2ccc(Br)cc2)c1)c1ccc(C)cc1C. The van der Waals surface area contributed by atoms with E-state index in [0.29, 0.717) is 5.30 Å². The molecule has 1 N–H and O–H groups in total. The molecule has 3 aromatic rings. The largest absolute Gasteiger partial charge is 0.323 e. The highest BCUT2D eigenvalue weighted by Crippen LogP contribution is 2.47. The third-order valence-corrected chi connectivity index (χ3v) is 7.64. The Kier molecular flexibility index (Phi) is 5.49. The molecule has 0 aliphatic rings. The fourth-order valence-electron chi connectivity index (χ4n) is 2.67. The molecule has 0 aliphatic carbocycles. The minimum Gasteiger partial charge on any atom is -0.314 e. The van der Waals surface area contributed by atoms with Crippen LogP contribution in [0.1, 0.15) is 11.1 Å². The average Bonchev–Trinajstić information content (AvgIpc) is 3.03. The normalized spacial score (nSPS) is 13.4. The smallest absolute Gasteiger partial charge is 0.314 e. The van der Waals surface area contributed by atoms with Gasteiger partial charge >= 0.3 is 7.52 Å². The van der Waals surface area contributed by atoms with Crippen molar-refractivity contribution in [3.05, 3.63) is 69.5 Å². The van der Waals surface area contributed by atoms with Gasteiger partial charge in [0.2, 0.25) is 0 Å². The molecule has 1 aromatic heterocycles. The zero-order valence-electron chi connectivity index (χ0n) is 14.2. The lowest BCUT2D eigenvalue weighted by Gasteiger charge is -2.20. The molecule has 1 atom stereocenters. The number of aryl methyl sites for hydroxylation is 2. The number of thiophene rings is 1. The van der Waals surface area contributed by atoms with Crippen molar-refractivity contribution in [1.82, 2.24) is 0 Å². The number of nitrogens with one attached hydrogen (secondary N) is 1. The quantitative estimate of drug-likeness (QED) is 0.473. The van der Waals surface area contributed by atoms with Gasteiger partial charge in [-0.2, -0.15) is 0 Å². The summed E-state index contributed by atoms with van der Waals surface area (Å²) in [6.45, 7) is 3.97. The number of hydrogen-bond donors (Lipinski definition) is 1. The van der Waals surface area contributed by atoms with Gasteiger partial charge in [-0.1, -0.05) is 45.8 Å². The Morgan fingerprint density at radius 1 is 1.08 bits per heavy atom. The van der Waals surface area contributed by atoms with Gasteiger partial charge in [0, 0.05) is 21.8 Å². The summed E-state index contributed by atoms with van der Waals surface area (Å²) in [6.07, 6.45) is 0. The van der Waals surface area contributed by atoms with E-state index in [4.69, 9.17) is 4.52 Å². The maximum atomic E-state index is 13.3. The lowest BCUT2D eigenvalue weighted by atomic mass is 10.2. The van der Waals surface area contributed by atoms with E-state index in [1.807, 2.05) is 55.6 Å². The molecule has 0 saturated carbocycles. The van der Waals surface area contributed by atoms with Crippen molar-refractivity contribution in [2.75, 3.05) is 12.2 Å². The third-order valence-electron chi connectivity index (χ3n) is 3.93. The molecule has 25 heavy (non-hydrogen) atoms. The van der Waals surface area contributed by atoms with Crippen molar-refractivity contribution in [3.63, 3.8) is 0 Å². The Morgan fingerprint density at radius 2 is 1.80 bits per heavy atom. The van der Waals surface area contributed by atoms with Crippen molar-refractivity contribution >= 4 is 45.8 Å². The van der Waals surface area contributed by atoms with Crippen molar-refractivity contribution < 1.29 is 9.09 Å². The van der Waals surface area contributed by atoms with Crippen LogP contribution in [-0.4, -0.2) is 7.11 Å². The molecule has 130 valence electrons. The van der Waals surface area contributed by atoms with Crippen LogP contribution in [0.15, 0.2) is 58.4 Å². The highest BCUT2D eigenvalue weighted by atomic mass is 79.9. The molecular weight excluding hydrogens is 417 g/mol. The molecule has 0 radical (unpaired) electrons. The van der Waals surface area contributed by atoms with Crippen LogP contribution in [0, 0.1) is 13.8 Å². The maximum absolute atomic E-state index is 13.3. The number of rotatable bonds is 5. The molecule has 0 amide bonds. The fraction of sp³-hybridized carbons (Fsp3) is 0.158. The van der Waals surface area contributed by atoms with Crippen LogP contribution in [-0.2, 0) is 9.09 Å². The molecule has 0 fully saturated rings. The number of halogens is 1. The van der Waals surface area contributed by atoms with Crippen LogP contribution in [0.4, 0.5) is 5.69 Å². The number of anilines is 1. The summed E-state index contributed by atoms with van der Waals surface area (Å²) in [5.74, 6) is 0. The Labute approximate surface area is 160 Å². The average molecular weight is 436 g/mol. The van der Waals surface area contributed by atoms with E-state index in [-0.39, 0.29) is 0 Å². The number of benzene rings is 2. The first-order valence-corrected chi connectivity index (χ1v) is 11.1. The van der Waals surface area contributed by atoms with Gasteiger partial charge in [-0.3, -0.25) is 4.57 Å². The van der Waals surface area contributed by atoms with Gasteiger partial charge < -0.3 is 9.61 Å². The van der Waals surface area contributed by atoms with E-state index in [9.17, 15) is 4.57 Å². The summed E-state index contributed by atoms with van der Waals surface area (Å²) in [5.41, 5.74) is 4.02. The van der Waals surface area contributed by atoms with E-state index in [1.165, 1.54) is 7.11 Å². The van der Waals surface area contributed by atoms with Crippen molar-refractivity contribution in [1.29, 1.82) is 0 Å². The first kappa shape index (κ1) is 18.4. The van der Waals surface area contributed by atoms with Crippen molar-refractivity contribution in [3.8, 4) is 10.4 Å². The third kappa shape index (κ3) is 4.06. The Morgan fingerprint density at radius 3 is 2.44 bits per heavy atom. The van der Waals surface area contributed by atoms with E-state index in [2.05, 4.69) is 33.1 Å². The van der Waals surface area contributed by atoms with Gasteiger partial charge in [-0.05, 0) is 49.2 Å². The predicted octanol–water partition coefficient (Wildman–Crippen LogP) is 6.37. The number of hydrogen-bond acceptors (Lipinski definition) is 3. The summed E-state index contributed by atoms with van der Waals surface area (Å²) in [7, 11) is -1.69. The summed E-state index contributed by atoms with van der Waals surface area (Å²) in [5, 5.41) is 5.79. The molecule has 1 heterocycles. The Bertz CT molecular complexity index is 937. The highest BCUT2D eigenvalue weighted by Gasteiger charge is 2.27. The van der Waals surface area contributed by atoms with Crippen molar-refractivity contribution in [2.24, 2.45) is 0 Å². The van der Waals surface area contributed by atoms with E-state index >= 15 is 0 Å². The molecule has 3 rings (SSSR count). The molecule has 2 aromatic carbocycles. The lowest BCUT2D eigenvalue weighted by Crippen LogP contribution is -2.16. The van der Waals surface area contributed by atoms with Crippen LogP contribution in [0.5, 0.6) is 0 Å². The first-order chi connectivity index (χ1) is 11.9. The van der Waals surface area contributed by atoms with Gasteiger partial charge in [-0.25, -0.2) is 0 Å². The minimum absolute atomic E-state index is 0.706. The van der Waals surface area contributed by atoms with Gasteiger partial charge in [0.1, 0.15) is 0 Å². The Balaban J connectivity index is 1.89. The van der Waals surface area contributed by atoms with E-state index in [0.717, 1.165) is 31.7 Å². The van der Waals surface area contributed by atoms with Crippen LogP contribution in [0.25, 0.3) is 10.4 Å². The molecule has 1 unspecified atom stereocenters. The van der Waals surface area contributed by atoms with Gasteiger partial charge in [0.25, 0.3) is 0 Å². The summed E-state index contributed by atoms with van der Waals surface area (Å²) >= 11 is 5.05. The second-order valence-electron chi connectivity index (χ2n) is 5.84. The molecule has 6 heteroatoms. The zero-order valence-corrected chi connectivity index (χ0v) is 17.5. The fourth-order valence-corrected chi connectivity index (χ4v) is 5.55. The molecule has 0 bridgehead atoms.